The number of aryl methyl sites for hydroxylation is 2. The predicted octanol–water partition coefficient (Wildman–Crippen LogP) is 2.14. The largest absolute Gasteiger partial charge is 0.444 e. The average Bonchev–Trinajstić information content (AvgIpc) is 2.84. The Balaban J connectivity index is 1.72. The van der Waals surface area contributed by atoms with E-state index in [1.54, 1.807) is 0 Å². The van der Waals surface area contributed by atoms with Crippen molar-refractivity contribution in [1.29, 1.82) is 0 Å². The van der Waals surface area contributed by atoms with Crippen LogP contribution in [0.4, 0.5) is 0 Å². The van der Waals surface area contributed by atoms with Crippen LogP contribution in [0.25, 0.3) is 0 Å². The van der Waals surface area contributed by atoms with E-state index in [2.05, 4.69) is 15.2 Å². The van der Waals surface area contributed by atoms with Crippen LogP contribution < -0.4 is 11.1 Å². The molecule has 1 atom stereocenters. The van der Waals surface area contributed by atoms with Gasteiger partial charge in [0.15, 0.2) is 0 Å². The second kappa shape index (κ2) is 8.12. The summed E-state index contributed by atoms with van der Waals surface area (Å²) in [7, 11) is 0. The van der Waals surface area contributed by atoms with E-state index in [0.29, 0.717) is 12.3 Å². The van der Waals surface area contributed by atoms with Crippen LogP contribution in [0.3, 0.4) is 0 Å². The van der Waals surface area contributed by atoms with Gasteiger partial charge in [-0.25, -0.2) is 4.98 Å². The molecule has 2 rings (SSSR count). The van der Waals surface area contributed by atoms with Gasteiger partial charge in [0, 0.05) is 6.54 Å². The Morgan fingerprint density at radius 1 is 1.42 bits per heavy atom. The highest BCUT2D eigenvalue weighted by Crippen LogP contribution is 2.19. The third kappa shape index (κ3) is 5.05. The fraction of sp³-hybridized carbons (Fsp3) is 0.778. The maximum atomic E-state index is 12.2. The van der Waals surface area contributed by atoms with Crippen LogP contribution in [0.5, 0.6) is 0 Å². The average molecular weight is 336 g/mol. The molecule has 0 spiro atoms. The van der Waals surface area contributed by atoms with Crippen molar-refractivity contribution in [2.75, 3.05) is 19.6 Å². The Hall–Kier alpha value is -1.40. The molecule has 1 fully saturated rings. The summed E-state index contributed by atoms with van der Waals surface area (Å²) in [5.74, 6) is 2.20. The van der Waals surface area contributed by atoms with Crippen LogP contribution in [0.15, 0.2) is 4.42 Å². The van der Waals surface area contributed by atoms with E-state index < -0.39 is 5.54 Å². The number of nitrogens with two attached hydrogens (primary N) is 1. The number of rotatable bonds is 7. The molecule has 6 heteroatoms. The predicted molar refractivity (Wildman–Crippen MR) is 94.5 cm³/mol. The Bertz CT molecular complexity index is 526. The van der Waals surface area contributed by atoms with Crippen LogP contribution in [0.2, 0.25) is 0 Å². The highest BCUT2D eigenvalue weighted by molar-refractivity contribution is 5.85. The maximum Gasteiger partial charge on any atom is 0.239 e. The number of nitrogens with zero attached hydrogens (tertiary/aromatic N) is 2. The van der Waals surface area contributed by atoms with Crippen molar-refractivity contribution < 1.29 is 9.21 Å². The summed E-state index contributed by atoms with van der Waals surface area (Å²) in [6.07, 6.45) is 3.78. The number of oxazole rings is 1. The fourth-order valence-electron chi connectivity index (χ4n) is 3.22. The standard InChI is InChI=1S/C18H32N4O2/c1-5-8-18(4,19)17(23)20-11-15-6-9-22(10-7-15)12-16-21-13(2)14(3)24-16/h15H,5-12,19H2,1-4H3,(H,20,23). The first-order chi connectivity index (χ1) is 11.3. The molecule has 1 aromatic rings. The van der Waals surface area contributed by atoms with Gasteiger partial charge in [0.1, 0.15) is 5.76 Å². The van der Waals surface area contributed by atoms with E-state index in [-0.39, 0.29) is 5.91 Å². The van der Waals surface area contributed by atoms with Crippen molar-refractivity contribution in [3.05, 3.63) is 17.3 Å². The van der Waals surface area contributed by atoms with Crippen molar-refractivity contribution in [3.63, 3.8) is 0 Å². The van der Waals surface area contributed by atoms with Crippen molar-refractivity contribution in [2.24, 2.45) is 11.7 Å². The van der Waals surface area contributed by atoms with E-state index in [1.807, 2.05) is 27.7 Å². The number of piperidine rings is 1. The van der Waals surface area contributed by atoms with E-state index in [1.165, 1.54) is 0 Å². The van der Waals surface area contributed by atoms with E-state index >= 15 is 0 Å². The summed E-state index contributed by atoms with van der Waals surface area (Å²) in [5.41, 5.74) is 6.29. The number of nitrogens with one attached hydrogen (secondary N) is 1. The van der Waals surface area contributed by atoms with Crippen LogP contribution in [-0.4, -0.2) is 41.0 Å². The van der Waals surface area contributed by atoms with Gasteiger partial charge >= 0.3 is 0 Å². The summed E-state index contributed by atoms with van der Waals surface area (Å²) in [6, 6.07) is 0. The molecule has 1 saturated heterocycles. The molecule has 1 amide bonds. The lowest BCUT2D eigenvalue weighted by Gasteiger charge is -2.32. The second-order valence-electron chi connectivity index (χ2n) is 7.35. The molecule has 6 nitrogen and oxygen atoms in total. The molecule has 24 heavy (non-hydrogen) atoms. The molecule has 0 radical (unpaired) electrons. The van der Waals surface area contributed by atoms with Gasteiger partial charge in [-0.05, 0) is 59.0 Å². The molecule has 1 aliphatic heterocycles. The number of likely N-dealkylation sites (tertiary alicyclic amines) is 1. The molecule has 0 bridgehead atoms. The molecule has 1 aliphatic rings. The van der Waals surface area contributed by atoms with Gasteiger partial charge in [-0.3, -0.25) is 9.69 Å². The number of hydrogen-bond acceptors (Lipinski definition) is 5. The number of amides is 1. The second-order valence-corrected chi connectivity index (χ2v) is 7.35. The molecule has 1 unspecified atom stereocenters. The highest BCUT2D eigenvalue weighted by Gasteiger charge is 2.28. The minimum absolute atomic E-state index is 0.0301. The lowest BCUT2D eigenvalue weighted by molar-refractivity contribution is -0.126. The minimum Gasteiger partial charge on any atom is -0.444 e. The molecular weight excluding hydrogens is 304 g/mol. The van der Waals surface area contributed by atoms with E-state index in [9.17, 15) is 4.79 Å². The summed E-state index contributed by atoms with van der Waals surface area (Å²) in [5, 5.41) is 3.04. The Kier molecular flexibility index (Phi) is 6.40. The number of carbonyl (C=O) groups is 1. The summed E-state index contributed by atoms with van der Waals surface area (Å²) >= 11 is 0. The monoisotopic (exact) mass is 336 g/mol. The van der Waals surface area contributed by atoms with Crippen LogP contribution in [0.1, 0.15) is 56.9 Å². The molecule has 1 aromatic heterocycles. The normalized spacial score (nSPS) is 19.2. The topological polar surface area (TPSA) is 84.4 Å². The number of aromatic nitrogens is 1. The maximum absolute atomic E-state index is 12.2. The first kappa shape index (κ1) is 18.9. The summed E-state index contributed by atoms with van der Waals surface area (Å²) in [4.78, 5) is 19.0. The van der Waals surface area contributed by atoms with Gasteiger partial charge in [0.25, 0.3) is 0 Å². The van der Waals surface area contributed by atoms with Gasteiger partial charge in [-0.15, -0.1) is 0 Å². The van der Waals surface area contributed by atoms with Gasteiger partial charge in [-0.1, -0.05) is 13.3 Å². The van der Waals surface area contributed by atoms with Crippen molar-refractivity contribution in [1.82, 2.24) is 15.2 Å². The lowest BCUT2D eigenvalue weighted by atomic mass is 9.94. The van der Waals surface area contributed by atoms with Crippen LogP contribution >= 0.6 is 0 Å². The zero-order valence-corrected chi connectivity index (χ0v) is 15.5. The van der Waals surface area contributed by atoms with Crippen LogP contribution in [0, 0.1) is 19.8 Å². The summed E-state index contributed by atoms with van der Waals surface area (Å²) < 4.78 is 5.66. The molecule has 2 heterocycles. The summed E-state index contributed by atoms with van der Waals surface area (Å²) in [6.45, 7) is 11.3. The van der Waals surface area contributed by atoms with Gasteiger partial charge in [0.05, 0.1) is 17.8 Å². The zero-order valence-electron chi connectivity index (χ0n) is 15.5. The van der Waals surface area contributed by atoms with E-state index in [4.69, 9.17) is 10.2 Å². The minimum atomic E-state index is -0.754. The smallest absolute Gasteiger partial charge is 0.239 e. The highest BCUT2D eigenvalue weighted by atomic mass is 16.4. The van der Waals surface area contributed by atoms with Crippen molar-refractivity contribution >= 4 is 5.91 Å². The molecule has 0 aromatic carbocycles. The quantitative estimate of drug-likeness (QED) is 0.797. The SMILES string of the molecule is CCCC(C)(N)C(=O)NCC1CCN(Cc2nc(C)c(C)o2)CC1. The first-order valence-corrected chi connectivity index (χ1v) is 9.04. The van der Waals surface area contributed by atoms with E-state index in [0.717, 1.165) is 62.8 Å². The first-order valence-electron chi connectivity index (χ1n) is 9.04. The van der Waals surface area contributed by atoms with Crippen LogP contribution in [-0.2, 0) is 11.3 Å². The fourth-order valence-corrected chi connectivity index (χ4v) is 3.22. The lowest BCUT2D eigenvalue weighted by Crippen LogP contribution is -2.52. The molecular formula is C18H32N4O2. The van der Waals surface area contributed by atoms with Gasteiger partial charge in [-0.2, -0.15) is 0 Å². The third-order valence-electron chi connectivity index (χ3n) is 4.98. The third-order valence-corrected chi connectivity index (χ3v) is 4.98. The zero-order chi connectivity index (χ0) is 17.7. The molecule has 136 valence electrons. The Morgan fingerprint density at radius 2 is 2.08 bits per heavy atom. The van der Waals surface area contributed by atoms with Gasteiger partial charge < -0.3 is 15.5 Å². The number of hydrogen-bond donors (Lipinski definition) is 2. The Labute approximate surface area is 145 Å². The van der Waals surface area contributed by atoms with Gasteiger partial charge in [0.2, 0.25) is 11.8 Å². The molecule has 0 aliphatic carbocycles. The van der Waals surface area contributed by atoms with Crippen molar-refractivity contribution in [3.8, 4) is 0 Å². The van der Waals surface area contributed by atoms with Crippen molar-refractivity contribution in [2.45, 2.75) is 65.5 Å². The Morgan fingerprint density at radius 3 is 2.62 bits per heavy atom. The number of carbonyl (C=O) groups excluding carboxylic acids is 1. The molecule has 3 N–H and O–H groups in total. The molecule has 0 saturated carbocycles.